The van der Waals surface area contributed by atoms with Crippen molar-refractivity contribution < 1.29 is 0 Å². The summed E-state index contributed by atoms with van der Waals surface area (Å²) in [7, 11) is 0. The second kappa shape index (κ2) is 3.53. The van der Waals surface area contributed by atoms with E-state index in [-0.39, 0.29) is 10.3 Å². The van der Waals surface area contributed by atoms with Gasteiger partial charge in [0.2, 0.25) is 0 Å². The highest BCUT2D eigenvalue weighted by Gasteiger charge is 2.38. The van der Waals surface area contributed by atoms with Crippen LogP contribution in [0.3, 0.4) is 0 Å². The van der Waals surface area contributed by atoms with Gasteiger partial charge in [-0.25, -0.2) is 0 Å². The molecule has 1 saturated carbocycles. The van der Waals surface area contributed by atoms with Gasteiger partial charge in [0.15, 0.2) is 0 Å². The molecule has 0 amide bonds. The highest BCUT2D eigenvalue weighted by Crippen LogP contribution is 2.46. The molecule has 2 atom stereocenters. The molecular weight excluding hydrogens is 179 g/mol. The number of halogens is 2. The van der Waals surface area contributed by atoms with Gasteiger partial charge in [-0.2, -0.15) is 0 Å². The molecule has 1 aliphatic carbocycles. The van der Waals surface area contributed by atoms with Crippen LogP contribution >= 0.6 is 23.2 Å². The van der Waals surface area contributed by atoms with Crippen molar-refractivity contribution in [2.24, 2.45) is 11.3 Å². The molecular formula is C9H16Cl2. The lowest BCUT2D eigenvalue weighted by atomic mass is 9.69. The molecule has 0 saturated heterocycles. The molecule has 11 heavy (non-hydrogen) atoms. The number of alkyl halides is 2. The molecule has 1 rings (SSSR count). The Bertz CT molecular complexity index is 134. The van der Waals surface area contributed by atoms with Gasteiger partial charge >= 0.3 is 0 Å². The van der Waals surface area contributed by atoms with Crippen LogP contribution in [-0.2, 0) is 0 Å². The molecule has 0 N–H and O–H groups in total. The van der Waals surface area contributed by atoms with E-state index < -0.39 is 0 Å². The van der Waals surface area contributed by atoms with E-state index in [4.69, 9.17) is 23.2 Å². The second-order valence-corrected chi connectivity index (χ2v) is 5.05. The number of rotatable bonds is 1. The summed E-state index contributed by atoms with van der Waals surface area (Å²) in [5.74, 6) is 0.677. The first-order valence-corrected chi connectivity index (χ1v) is 5.23. The van der Waals surface area contributed by atoms with Crippen molar-refractivity contribution in [1.29, 1.82) is 0 Å². The van der Waals surface area contributed by atoms with E-state index in [1.807, 2.05) is 0 Å². The maximum absolute atomic E-state index is 5.96. The first-order valence-electron chi connectivity index (χ1n) is 4.35. The Balaban J connectivity index is 2.64. The van der Waals surface area contributed by atoms with Crippen molar-refractivity contribution in [2.45, 2.75) is 44.4 Å². The maximum atomic E-state index is 5.96. The van der Waals surface area contributed by atoms with Gasteiger partial charge in [0.1, 0.15) is 4.84 Å². The van der Waals surface area contributed by atoms with Gasteiger partial charge < -0.3 is 0 Å². The monoisotopic (exact) mass is 194 g/mol. The van der Waals surface area contributed by atoms with Gasteiger partial charge in [-0.05, 0) is 12.3 Å². The fourth-order valence-electron chi connectivity index (χ4n) is 1.86. The quantitative estimate of drug-likeness (QED) is 0.554. The third kappa shape index (κ3) is 1.84. The van der Waals surface area contributed by atoms with Crippen molar-refractivity contribution in [1.82, 2.24) is 0 Å². The Morgan fingerprint density at radius 2 is 2.00 bits per heavy atom. The van der Waals surface area contributed by atoms with Gasteiger partial charge in [0, 0.05) is 5.41 Å². The molecule has 0 bridgehead atoms. The smallest absolute Gasteiger partial charge is 0.105 e. The van der Waals surface area contributed by atoms with Crippen molar-refractivity contribution in [3.63, 3.8) is 0 Å². The summed E-state index contributed by atoms with van der Waals surface area (Å²) in [6.07, 6.45) is 5.10. The molecule has 0 aromatic heterocycles. The minimum atomic E-state index is -0.196. The summed E-state index contributed by atoms with van der Waals surface area (Å²) in [6.45, 7) is 4.47. The van der Waals surface area contributed by atoms with Gasteiger partial charge in [-0.3, -0.25) is 0 Å². The van der Waals surface area contributed by atoms with Gasteiger partial charge in [-0.15, -0.1) is 23.2 Å². The van der Waals surface area contributed by atoms with Gasteiger partial charge in [0.25, 0.3) is 0 Å². The van der Waals surface area contributed by atoms with E-state index in [9.17, 15) is 0 Å². The van der Waals surface area contributed by atoms with E-state index in [1.165, 1.54) is 25.7 Å². The Morgan fingerprint density at radius 1 is 1.36 bits per heavy atom. The molecule has 0 aliphatic heterocycles. The van der Waals surface area contributed by atoms with Crippen LogP contribution in [-0.4, -0.2) is 4.84 Å². The number of hydrogen-bond acceptors (Lipinski definition) is 0. The first kappa shape index (κ1) is 9.67. The molecule has 0 aromatic carbocycles. The lowest BCUT2D eigenvalue weighted by Crippen LogP contribution is -2.34. The highest BCUT2D eigenvalue weighted by molar-refractivity contribution is 6.44. The minimum Gasteiger partial charge on any atom is -0.105 e. The summed E-state index contributed by atoms with van der Waals surface area (Å²) < 4.78 is 0. The molecule has 1 aliphatic rings. The van der Waals surface area contributed by atoms with E-state index in [1.54, 1.807) is 0 Å². The second-order valence-electron chi connectivity index (χ2n) is 3.95. The Hall–Kier alpha value is 0.580. The molecule has 0 spiro atoms. The van der Waals surface area contributed by atoms with E-state index >= 15 is 0 Å². The Kier molecular flexibility index (Phi) is 3.10. The third-order valence-electron chi connectivity index (χ3n) is 3.23. The molecule has 2 heteroatoms. The fourth-order valence-corrected chi connectivity index (χ4v) is 2.51. The van der Waals surface area contributed by atoms with Crippen LogP contribution in [0.2, 0.25) is 0 Å². The first-order chi connectivity index (χ1) is 5.07. The van der Waals surface area contributed by atoms with Crippen molar-refractivity contribution in [3.05, 3.63) is 0 Å². The van der Waals surface area contributed by atoms with Crippen LogP contribution in [0.5, 0.6) is 0 Å². The lowest BCUT2D eigenvalue weighted by Gasteiger charge is -2.40. The summed E-state index contributed by atoms with van der Waals surface area (Å²) in [6, 6.07) is 0. The average molecular weight is 195 g/mol. The van der Waals surface area contributed by atoms with Crippen LogP contribution in [0.1, 0.15) is 39.5 Å². The van der Waals surface area contributed by atoms with Crippen LogP contribution < -0.4 is 0 Å². The third-order valence-corrected chi connectivity index (χ3v) is 4.22. The molecule has 0 unspecified atom stereocenters. The van der Waals surface area contributed by atoms with Crippen molar-refractivity contribution in [2.75, 3.05) is 0 Å². The van der Waals surface area contributed by atoms with Crippen LogP contribution in [0, 0.1) is 11.3 Å². The zero-order valence-electron chi connectivity index (χ0n) is 7.24. The van der Waals surface area contributed by atoms with Crippen LogP contribution in [0.25, 0.3) is 0 Å². The fraction of sp³-hybridized carbons (Fsp3) is 1.00. The summed E-state index contributed by atoms with van der Waals surface area (Å²) in [5.41, 5.74) is 0.168. The topological polar surface area (TPSA) is 0 Å². The van der Waals surface area contributed by atoms with Crippen molar-refractivity contribution >= 4 is 23.2 Å². The van der Waals surface area contributed by atoms with Crippen LogP contribution in [0.4, 0.5) is 0 Å². The minimum absolute atomic E-state index is 0.168. The van der Waals surface area contributed by atoms with E-state index in [0.717, 1.165) is 0 Å². The largest absolute Gasteiger partial charge is 0.113 e. The zero-order chi connectivity index (χ0) is 8.48. The Labute approximate surface area is 79.3 Å². The summed E-state index contributed by atoms with van der Waals surface area (Å²) in [4.78, 5) is -0.196. The number of hydrogen-bond donors (Lipinski definition) is 0. The van der Waals surface area contributed by atoms with E-state index in [0.29, 0.717) is 5.92 Å². The SMILES string of the molecule is C[C@@H]1CCCC[C@]1(C)C(Cl)Cl. The van der Waals surface area contributed by atoms with Gasteiger partial charge in [-0.1, -0.05) is 33.1 Å². The van der Waals surface area contributed by atoms with Gasteiger partial charge in [0.05, 0.1) is 0 Å². The summed E-state index contributed by atoms with van der Waals surface area (Å²) >= 11 is 11.9. The van der Waals surface area contributed by atoms with Crippen molar-refractivity contribution in [3.8, 4) is 0 Å². The maximum Gasteiger partial charge on any atom is 0.113 e. The molecule has 0 aromatic rings. The Morgan fingerprint density at radius 3 is 2.36 bits per heavy atom. The highest BCUT2D eigenvalue weighted by atomic mass is 35.5. The molecule has 0 radical (unpaired) electrons. The lowest BCUT2D eigenvalue weighted by molar-refractivity contribution is 0.147. The zero-order valence-corrected chi connectivity index (χ0v) is 8.75. The van der Waals surface area contributed by atoms with Crippen LogP contribution in [0.15, 0.2) is 0 Å². The average Bonchev–Trinajstić information content (AvgIpc) is 1.95. The molecule has 0 heterocycles. The standard InChI is InChI=1S/C9H16Cl2/c1-7-5-3-4-6-9(7,2)8(10)11/h7-8H,3-6H2,1-2H3/t7-,9+/m1/s1. The molecule has 0 nitrogen and oxygen atoms in total. The normalized spacial score (nSPS) is 39.5. The van der Waals surface area contributed by atoms with E-state index in [2.05, 4.69) is 13.8 Å². The molecule has 1 fully saturated rings. The molecule has 66 valence electrons. The predicted molar refractivity (Wildman–Crippen MR) is 51.2 cm³/mol. The predicted octanol–water partition coefficient (Wildman–Crippen LogP) is 4.01. The summed E-state index contributed by atoms with van der Waals surface area (Å²) in [5, 5.41) is 0.